The molecule has 1 aliphatic rings. The first-order chi connectivity index (χ1) is 19.9. The van der Waals surface area contributed by atoms with Crippen LogP contribution < -0.4 is 16.4 Å². The number of nitrogens with zero attached hydrogens (tertiary/aromatic N) is 6. The number of halogens is 4. The van der Waals surface area contributed by atoms with Gasteiger partial charge in [-0.3, -0.25) is 13.6 Å². The van der Waals surface area contributed by atoms with E-state index >= 15 is 0 Å². The molecule has 0 spiro atoms. The van der Waals surface area contributed by atoms with Crippen molar-refractivity contribution >= 4 is 62.7 Å². The summed E-state index contributed by atoms with van der Waals surface area (Å²) < 4.78 is 26.0. The zero-order valence-corrected chi connectivity index (χ0v) is 24.5. The van der Waals surface area contributed by atoms with Crippen LogP contribution in [0.1, 0.15) is 15.4 Å². The summed E-state index contributed by atoms with van der Waals surface area (Å²) in [5.74, 6) is 0.561. The van der Waals surface area contributed by atoms with E-state index in [1.165, 1.54) is 11.3 Å². The molecule has 4 N–H and O–H groups in total. The molecule has 0 atom stereocenters. The van der Waals surface area contributed by atoms with Gasteiger partial charge in [0.05, 0.1) is 44.5 Å². The first kappa shape index (κ1) is 31.8. The number of hydrogen-bond donors (Lipinski definition) is 3. The largest absolute Gasteiger partial charge is 0.382 e. The van der Waals surface area contributed by atoms with Gasteiger partial charge >= 0.3 is 0 Å². The Morgan fingerprint density at radius 1 is 1.15 bits per heavy atom. The lowest BCUT2D eigenvalue weighted by atomic mass is 10.1. The van der Waals surface area contributed by atoms with Gasteiger partial charge in [-0.1, -0.05) is 34.5 Å². The van der Waals surface area contributed by atoms with E-state index in [0.29, 0.717) is 102 Å². The van der Waals surface area contributed by atoms with Gasteiger partial charge < -0.3 is 26.0 Å². The molecule has 0 bridgehead atoms. The lowest BCUT2D eigenvalue weighted by molar-refractivity contribution is 0.0299. The molecule has 4 heterocycles. The third-order valence-corrected chi connectivity index (χ3v) is 7.11. The Hall–Kier alpha value is -3.77. The highest BCUT2D eigenvalue weighted by Gasteiger charge is 2.23. The number of nitrogens with two attached hydrogens (primary N) is 1. The third kappa shape index (κ3) is 7.70. The smallest absolute Gasteiger partial charge is 0.274 e. The highest BCUT2D eigenvalue weighted by molar-refractivity contribution is 7.16. The highest BCUT2D eigenvalue weighted by atomic mass is 35.5. The molecule has 5 rings (SSSR count). The number of nitriles is 1. The predicted molar refractivity (Wildman–Crippen MR) is 157 cm³/mol. The van der Waals surface area contributed by atoms with Crippen LogP contribution in [-0.4, -0.2) is 84.1 Å². The maximum atomic E-state index is 13.1. The van der Waals surface area contributed by atoms with Crippen molar-refractivity contribution in [3.05, 3.63) is 51.1 Å². The van der Waals surface area contributed by atoms with Gasteiger partial charge in [-0.2, -0.15) is 10.4 Å². The fourth-order valence-corrected chi connectivity index (χ4v) is 5.03. The van der Waals surface area contributed by atoms with Crippen molar-refractivity contribution in [3.8, 4) is 17.3 Å². The number of anilines is 3. The zero-order chi connectivity index (χ0) is 29.9. The van der Waals surface area contributed by atoms with Crippen molar-refractivity contribution in [1.29, 1.82) is 5.26 Å². The Balaban J connectivity index is 0.00000111. The van der Waals surface area contributed by atoms with Crippen LogP contribution in [0.2, 0.25) is 10.0 Å². The summed E-state index contributed by atoms with van der Waals surface area (Å²) >= 11 is 13.7. The van der Waals surface area contributed by atoms with Crippen LogP contribution in [0.4, 0.5) is 25.5 Å². The Labute approximate surface area is 248 Å². The van der Waals surface area contributed by atoms with Crippen LogP contribution in [0.25, 0.3) is 16.8 Å². The van der Waals surface area contributed by atoms with Crippen LogP contribution in [0.5, 0.6) is 0 Å². The summed E-state index contributed by atoms with van der Waals surface area (Å²) in [5, 5.41) is 21.6. The first-order valence-corrected chi connectivity index (χ1v) is 13.6. The molecule has 0 unspecified atom stereocenters. The molecule has 1 aromatic carbocycles. The third-order valence-electron chi connectivity index (χ3n) is 5.63. The number of amides is 1. The van der Waals surface area contributed by atoms with Gasteiger partial charge in [0.15, 0.2) is 22.5 Å². The van der Waals surface area contributed by atoms with E-state index < -0.39 is 0 Å². The van der Waals surface area contributed by atoms with Crippen LogP contribution in [0.3, 0.4) is 0 Å². The lowest BCUT2D eigenvalue weighted by Gasteiger charge is -2.25. The molecule has 0 saturated carbocycles. The normalized spacial score (nSPS) is 12.5. The molecule has 41 heavy (non-hydrogen) atoms. The van der Waals surface area contributed by atoms with Gasteiger partial charge in [-0.05, 0) is 18.2 Å². The minimum absolute atomic E-state index is 0.166. The predicted octanol–water partition coefficient (Wildman–Crippen LogP) is 4.78. The number of carbonyl (C=O) groups is 1. The number of hydrogen-bond acceptors (Lipinski definition) is 10. The monoisotopic (exact) mass is 625 g/mol. The van der Waals surface area contributed by atoms with Crippen molar-refractivity contribution in [1.82, 2.24) is 24.5 Å². The Bertz CT molecular complexity index is 1520. The molecular weight excluding hydrogens is 599 g/mol. The van der Waals surface area contributed by atoms with E-state index in [4.69, 9.17) is 43.9 Å². The number of morpholine rings is 1. The van der Waals surface area contributed by atoms with Crippen molar-refractivity contribution in [2.24, 2.45) is 0 Å². The van der Waals surface area contributed by atoms with Crippen molar-refractivity contribution in [2.45, 2.75) is 0 Å². The van der Waals surface area contributed by atoms with Gasteiger partial charge in [-0.15, -0.1) is 0 Å². The van der Waals surface area contributed by atoms with Crippen LogP contribution >= 0.6 is 34.5 Å². The van der Waals surface area contributed by atoms with Gasteiger partial charge in [0.2, 0.25) is 0 Å². The van der Waals surface area contributed by atoms with E-state index in [1.807, 2.05) is 6.07 Å². The van der Waals surface area contributed by atoms with Crippen LogP contribution in [-0.2, 0) is 4.74 Å². The summed E-state index contributed by atoms with van der Waals surface area (Å²) in [5.41, 5.74) is 7.91. The second-order valence-electron chi connectivity index (χ2n) is 8.06. The number of alkyl halides is 2. The molecule has 0 radical (unpaired) electrons. The second-order valence-corrected chi connectivity index (χ2v) is 9.90. The number of rotatable bonds is 7. The number of nitrogen functional groups attached to an aromatic ring is 1. The van der Waals surface area contributed by atoms with E-state index in [9.17, 15) is 13.6 Å². The standard InChI is InChI=1S/C23H21Cl2N9O2S.2CH3F/c24-13-1-2-14(15(25)9-13)17-12-34-18(10-16(32-34)22(35)33-5-7-36-8-6-33)21(30-17)28-3-4-29-23-31-20(27)19(11-26)37-23;2*1-2/h1-2,9-10,12H,3-8,27H2,(H,28,30)(H,29,31);2*1H3. The maximum Gasteiger partial charge on any atom is 0.274 e. The molecule has 1 fully saturated rings. The molecule has 3 aromatic heterocycles. The SMILES string of the molecule is CF.CF.N#Cc1sc(NCCNc2nc(-c3ccc(Cl)cc3Cl)cn3nc(C(=O)N4CCOCC4)cc23)nc1N. The summed E-state index contributed by atoms with van der Waals surface area (Å²) in [6.45, 7) is 2.97. The van der Waals surface area contributed by atoms with Gasteiger partial charge in [0.25, 0.3) is 5.91 Å². The lowest BCUT2D eigenvalue weighted by Crippen LogP contribution is -2.40. The number of benzene rings is 1. The van der Waals surface area contributed by atoms with Crippen molar-refractivity contribution < 1.29 is 18.3 Å². The number of aromatic nitrogens is 4. The minimum atomic E-state index is -0.166. The summed E-state index contributed by atoms with van der Waals surface area (Å²) in [6, 6.07) is 8.90. The maximum absolute atomic E-state index is 13.1. The van der Waals surface area contributed by atoms with Crippen molar-refractivity contribution in [2.75, 3.05) is 70.1 Å². The summed E-state index contributed by atoms with van der Waals surface area (Å²) in [4.78, 5) is 24.1. The molecule has 4 aromatic rings. The number of ether oxygens (including phenoxy) is 1. The molecule has 1 aliphatic heterocycles. The number of carbonyl (C=O) groups excluding carboxylic acids is 1. The Morgan fingerprint density at radius 3 is 2.51 bits per heavy atom. The van der Waals surface area contributed by atoms with Crippen LogP contribution in [0, 0.1) is 11.3 Å². The molecule has 11 nitrogen and oxygen atoms in total. The average Bonchev–Trinajstić information content (AvgIpc) is 3.60. The molecule has 218 valence electrons. The fraction of sp³-hybridized carbons (Fsp3) is 0.320. The molecule has 1 amide bonds. The van der Waals surface area contributed by atoms with Gasteiger partial charge in [0, 0.05) is 42.8 Å². The van der Waals surface area contributed by atoms with E-state index in [2.05, 4.69) is 20.7 Å². The number of thiazole rings is 1. The summed E-state index contributed by atoms with van der Waals surface area (Å²) in [6.07, 6.45) is 1.73. The molecule has 1 saturated heterocycles. The highest BCUT2D eigenvalue weighted by Crippen LogP contribution is 2.31. The number of nitrogens with one attached hydrogen (secondary N) is 2. The minimum Gasteiger partial charge on any atom is -0.382 e. The van der Waals surface area contributed by atoms with Gasteiger partial charge in [0.1, 0.15) is 16.5 Å². The first-order valence-electron chi connectivity index (χ1n) is 12.1. The molecule has 16 heteroatoms. The van der Waals surface area contributed by atoms with E-state index in [1.54, 1.807) is 39.9 Å². The van der Waals surface area contributed by atoms with E-state index in [0.717, 1.165) is 0 Å². The topological polar surface area (TPSA) is 146 Å². The van der Waals surface area contributed by atoms with Gasteiger partial charge in [-0.25, -0.2) is 14.5 Å². The van der Waals surface area contributed by atoms with Crippen molar-refractivity contribution in [3.63, 3.8) is 0 Å². The Kier molecular flexibility index (Phi) is 11.8. The van der Waals surface area contributed by atoms with E-state index in [-0.39, 0.29) is 11.7 Å². The molecule has 0 aliphatic carbocycles. The Morgan fingerprint density at radius 2 is 1.85 bits per heavy atom. The van der Waals surface area contributed by atoms with Crippen LogP contribution in [0.15, 0.2) is 30.5 Å². The number of fused-ring (bicyclic) bond motifs is 1. The zero-order valence-electron chi connectivity index (χ0n) is 22.1. The summed E-state index contributed by atoms with van der Waals surface area (Å²) in [7, 11) is 1.00. The second kappa shape index (κ2) is 15.3. The molecular formula is C25H27Cl2F2N9O2S. The quantitative estimate of drug-likeness (QED) is 0.247. The average molecular weight is 627 g/mol. The fourth-order valence-electron chi connectivity index (χ4n) is 3.82.